The zero-order valence-corrected chi connectivity index (χ0v) is 18.0. The Kier molecular flexibility index (Phi) is 6.13. The van der Waals surface area contributed by atoms with Gasteiger partial charge in [0.2, 0.25) is 11.0 Å². The van der Waals surface area contributed by atoms with E-state index in [1.165, 1.54) is 22.6 Å². The molecule has 1 aliphatic heterocycles. The Morgan fingerprint density at radius 1 is 1.10 bits per heavy atom. The molecule has 8 heteroatoms. The number of ether oxygens (including phenoxy) is 1. The summed E-state index contributed by atoms with van der Waals surface area (Å²) in [5.41, 5.74) is 3.29. The van der Waals surface area contributed by atoms with Crippen molar-refractivity contribution < 1.29 is 9.53 Å². The van der Waals surface area contributed by atoms with Gasteiger partial charge in [0.1, 0.15) is 10.8 Å². The smallest absolute Gasteiger partial charge is 0.229 e. The maximum absolute atomic E-state index is 12.7. The number of nitrogens with one attached hydrogen (secondary N) is 1. The molecule has 1 saturated heterocycles. The van der Waals surface area contributed by atoms with Crippen molar-refractivity contribution in [2.24, 2.45) is 0 Å². The summed E-state index contributed by atoms with van der Waals surface area (Å²) in [7, 11) is 1.63. The predicted octanol–water partition coefficient (Wildman–Crippen LogP) is 3.49. The van der Waals surface area contributed by atoms with Gasteiger partial charge in [-0.2, -0.15) is 0 Å². The molecule has 0 aliphatic carbocycles. The van der Waals surface area contributed by atoms with Crippen molar-refractivity contribution in [3.05, 3.63) is 59.1 Å². The molecule has 0 saturated carbocycles. The van der Waals surface area contributed by atoms with Crippen LogP contribution >= 0.6 is 11.3 Å². The quantitative estimate of drug-likeness (QED) is 0.655. The van der Waals surface area contributed by atoms with Gasteiger partial charge in [0.15, 0.2) is 0 Å². The van der Waals surface area contributed by atoms with Crippen LogP contribution in [0.3, 0.4) is 0 Å². The third-order valence-corrected chi connectivity index (χ3v) is 5.96. The minimum Gasteiger partial charge on any atom is -0.495 e. The molecule has 0 atom stereocenters. The third-order valence-electron chi connectivity index (χ3n) is 5.12. The number of anilines is 3. The van der Waals surface area contributed by atoms with E-state index < -0.39 is 0 Å². The van der Waals surface area contributed by atoms with Gasteiger partial charge in [-0.1, -0.05) is 35.6 Å². The van der Waals surface area contributed by atoms with E-state index >= 15 is 0 Å². The van der Waals surface area contributed by atoms with Gasteiger partial charge in [-0.3, -0.25) is 4.79 Å². The van der Waals surface area contributed by atoms with Gasteiger partial charge in [0.25, 0.3) is 0 Å². The summed E-state index contributed by atoms with van der Waals surface area (Å²) in [6, 6.07) is 16.1. The number of benzene rings is 2. The summed E-state index contributed by atoms with van der Waals surface area (Å²) < 4.78 is 5.34. The largest absolute Gasteiger partial charge is 0.495 e. The fraction of sp³-hybridized carbons (Fsp3) is 0.318. The standard InChI is InChI=1S/C22H25N5O2S/c1-16-6-5-7-17(14-16)26-10-12-27(13-11-26)21(28)15-20-24-25-22(30-20)23-18-8-3-4-9-19(18)29-2/h3-9,14H,10-13,15H2,1-2H3,(H,23,25). The van der Waals surface area contributed by atoms with Gasteiger partial charge in [0, 0.05) is 31.9 Å². The van der Waals surface area contributed by atoms with Crippen molar-refractivity contribution >= 4 is 33.8 Å². The van der Waals surface area contributed by atoms with Crippen molar-refractivity contribution in [3.8, 4) is 5.75 Å². The second-order valence-corrected chi connectivity index (χ2v) is 8.27. The molecule has 1 fully saturated rings. The lowest BCUT2D eigenvalue weighted by molar-refractivity contribution is -0.130. The van der Waals surface area contributed by atoms with Crippen LogP contribution in [-0.2, 0) is 11.2 Å². The number of hydrogen-bond acceptors (Lipinski definition) is 7. The Balaban J connectivity index is 1.32. The first kappa shape index (κ1) is 20.2. The molecule has 1 N–H and O–H groups in total. The molecule has 2 aromatic carbocycles. The normalized spacial score (nSPS) is 13.9. The average Bonchev–Trinajstić information content (AvgIpc) is 3.21. The molecule has 3 aromatic rings. The van der Waals surface area contributed by atoms with Crippen molar-refractivity contribution in [2.75, 3.05) is 43.5 Å². The van der Waals surface area contributed by atoms with E-state index in [1.54, 1.807) is 7.11 Å². The molecule has 1 aromatic heterocycles. The van der Waals surface area contributed by atoms with Gasteiger partial charge >= 0.3 is 0 Å². The minimum atomic E-state index is 0.0962. The molecule has 1 amide bonds. The Hall–Kier alpha value is -3.13. The summed E-state index contributed by atoms with van der Waals surface area (Å²) in [4.78, 5) is 17.0. The molecule has 1 aliphatic rings. The highest BCUT2D eigenvalue weighted by molar-refractivity contribution is 7.15. The number of aryl methyl sites for hydroxylation is 1. The number of piperazine rings is 1. The highest BCUT2D eigenvalue weighted by Gasteiger charge is 2.22. The van der Waals surface area contributed by atoms with E-state index in [1.807, 2.05) is 29.2 Å². The summed E-state index contributed by atoms with van der Waals surface area (Å²) in [5.74, 6) is 0.829. The molecule has 0 radical (unpaired) electrons. The molecule has 7 nitrogen and oxygen atoms in total. The Labute approximate surface area is 180 Å². The van der Waals surface area contributed by atoms with E-state index in [2.05, 4.69) is 51.6 Å². The van der Waals surface area contributed by atoms with Crippen molar-refractivity contribution in [2.45, 2.75) is 13.3 Å². The summed E-state index contributed by atoms with van der Waals surface area (Å²) >= 11 is 1.39. The van der Waals surface area contributed by atoms with Gasteiger partial charge in [0.05, 0.1) is 19.2 Å². The molecule has 2 heterocycles. The van der Waals surface area contributed by atoms with Crippen LogP contribution in [-0.4, -0.2) is 54.3 Å². The second-order valence-electron chi connectivity index (χ2n) is 7.21. The number of amides is 1. The van der Waals surface area contributed by atoms with E-state index in [4.69, 9.17) is 4.74 Å². The van der Waals surface area contributed by atoms with Crippen LogP contribution < -0.4 is 15.0 Å². The summed E-state index contributed by atoms with van der Waals surface area (Å²) in [6.45, 7) is 5.22. The minimum absolute atomic E-state index is 0.0962. The lowest BCUT2D eigenvalue weighted by Gasteiger charge is -2.36. The second kappa shape index (κ2) is 9.13. The molecule has 4 rings (SSSR count). The Morgan fingerprint density at radius 2 is 1.90 bits per heavy atom. The zero-order valence-electron chi connectivity index (χ0n) is 17.2. The van der Waals surface area contributed by atoms with Crippen molar-refractivity contribution in [1.29, 1.82) is 0 Å². The first-order valence-electron chi connectivity index (χ1n) is 9.94. The Morgan fingerprint density at radius 3 is 2.67 bits per heavy atom. The lowest BCUT2D eigenvalue weighted by Crippen LogP contribution is -2.49. The highest BCUT2D eigenvalue weighted by atomic mass is 32.1. The lowest BCUT2D eigenvalue weighted by atomic mass is 10.2. The number of methoxy groups -OCH3 is 1. The summed E-state index contributed by atoms with van der Waals surface area (Å²) in [5, 5.41) is 12.9. The number of rotatable bonds is 6. The summed E-state index contributed by atoms with van der Waals surface area (Å²) in [6.07, 6.45) is 0.274. The monoisotopic (exact) mass is 423 g/mol. The number of carbonyl (C=O) groups excluding carboxylic acids is 1. The highest BCUT2D eigenvalue weighted by Crippen LogP contribution is 2.28. The molecular formula is C22H25N5O2S. The van der Waals surface area contributed by atoms with Gasteiger partial charge < -0.3 is 19.9 Å². The number of para-hydroxylation sites is 2. The molecular weight excluding hydrogens is 398 g/mol. The van der Waals surface area contributed by atoms with E-state index in [-0.39, 0.29) is 12.3 Å². The van der Waals surface area contributed by atoms with E-state index in [0.29, 0.717) is 10.1 Å². The van der Waals surface area contributed by atoms with Crippen LogP contribution in [0.1, 0.15) is 10.6 Å². The van der Waals surface area contributed by atoms with Crippen molar-refractivity contribution in [3.63, 3.8) is 0 Å². The first-order chi connectivity index (χ1) is 14.6. The van der Waals surface area contributed by atoms with Crippen LogP contribution in [0, 0.1) is 6.92 Å². The first-order valence-corrected chi connectivity index (χ1v) is 10.8. The van der Waals surface area contributed by atoms with Crippen LogP contribution in [0.2, 0.25) is 0 Å². The third kappa shape index (κ3) is 4.71. The molecule has 0 bridgehead atoms. The zero-order chi connectivity index (χ0) is 20.9. The van der Waals surface area contributed by atoms with Gasteiger partial charge in [-0.05, 0) is 36.8 Å². The Bertz CT molecular complexity index is 1010. The predicted molar refractivity (Wildman–Crippen MR) is 120 cm³/mol. The van der Waals surface area contributed by atoms with Crippen LogP contribution in [0.4, 0.5) is 16.5 Å². The molecule has 0 unspecified atom stereocenters. The molecule has 0 spiro atoms. The topological polar surface area (TPSA) is 70.6 Å². The maximum atomic E-state index is 12.7. The van der Waals surface area contributed by atoms with Crippen LogP contribution in [0.5, 0.6) is 5.75 Å². The van der Waals surface area contributed by atoms with E-state index in [9.17, 15) is 4.79 Å². The van der Waals surface area contributed by atoms with Crippen molar-refractivity contribution in [1.82, 2.24) is 15.1 Å². The average molecular weight is 424 g/mol. The molecule has 156 valence electrons. The van der Waals surface area contributed by atoms with E-state index in [0.717, 1.165) is 37.6 Å². The van der Waals surface area contributed by atoms with Gasteiger partial charge in [-0.15, -0.1) is 10.2 Å². The number of carbonyl (C=O) groups is 1. The SMILES string of the molecule is COc1ccccc1Nc1nnc(CC(=O)N2CCN(c3cccc(C)c3)CC2)s1. The fourth-order valence-corrected chi connectivity index (χ4v) is 4.26. The van der Waals surface area contributed by atoms with Crippen LogP contribution in [0.15, 0.2) is 48.5 Å². The van der Waals surface area contributed by atoms with Crippen LogP contribution in [0.25, 0.3) is 0 Å². The maximum Gasteiger partial charge on any atom is 0.229 e. The number of aromatic nitrogens is 2. The number of nitrogens with zero attached hydrogens (tertiary/aromatic N) is 4. The molecule has 30 heavy (non-hydrogen) atoms. The number of hydrogen-bond donors (Lipinski definition) is 1. The fourth-order valence-electron chi connectivity index (χ4n) is 3.52. The van der Waals surface area contributed by atoms with Gasteiger partial charge in [-0.25, -0.2) is 0 Å².